The van der Waals surface area contributed by atoms with Gasteiger partial charge in [0.2, 0.25) is 0 Å². The van der Waals surface area contributed by atoms with Gasteiger partial charge in [-0.3, -0.25) is 14.4 Å². The summed E-state index contributed by atoms with van der Waals surface area (Å²) < 4.78 is 5.04. The summed E-state index contributed by atoms with van der Waals surface area (Å²) in [4.78, 5) is 39.8. The number of ether oxygens (including phenoxy) is 1. The first kappa shape index (κ1) is 16.0. The Hall–Kier alpha value is -1.49. The SMILES string of the molecule is COC(=O)C12C(=O)C3C(C(=O)C1[C@@H](C)C=C[C@H]2C)[C@H]1C[C@H]3CC1O. The Morgan fingerprint density at radius 3 is 2.58 bits per heavy atom. The van der Waals surface area contributed by atoms with Crippen molar-refractivity contribution < 1.29 is 24.2 Å². The Balaban J connectivity index is 1.90. The van der Waals surface area contributed by atoms with Gasteiger partial charge in [0, 0.05) is 17.8 Å². The van der Waals surface area contributed by atoms with E-state index in [1.54, 1.807) is 0 Å². The summed E-state index contributed by atoms with van der Waals surface area (Å²) in [6.45, 7) is 3.72. The number of hydrogen-bond donors (Lipinski definition) is 1. The standard InChI is InChI=1S/C19H24O5/c1-8-4-5-9(2)19(18(23)24-3)15(8)16(21)14-11-6-10(7-12(11)20)13(14)17(19)22/h4-5,8-15,20H,6-7H2,1-3H3/t8-,9+,10-,11-,12?,13?,14?,15?,19?/m0/s1. The van der Waals surface area contributed by atoms with Gasteiger partial charge in [0.05, 0.1) is 13.2 Å². The van der Waals surface area contributed by atoms with Gasteiger partial charge in [-0.05, 0) is 36.5 Å². The number of carbonyl (C=O) groups excluding carboxylic acids is 3. The van der Waals surface area contributed by atoms with E-state index in [0.717, 1.165) is 0 Å². The summed E-state index contributed by atoms with van der Waals surface area (Å²) in [7, 11) is 1.29. The molecular weight excluding hydrogens is 308 g/mol. The van der Waals surface area contributed by atoms with Gasteiger partial charge in [-0.2, -0.15) is 0 Å². The van der Waals surface area contributed by atoms with Crippen LogP contribution in [0.1, 0.15) is 26.7 Å². The molecule has 0 aliphatic heterocycles. The zero-order valence-corrected chi connectivity index (χ0v) is 14.3. The van der Waals surface area contributed by atoms with Crippen LogP contribution in [0.15, 0.2) is 12.2 Å². The molecule has 3 saturated carbocycles. The number of allylic oxidation sites excluding steroid dienone is 2. The summed E-state index contributed by atoms with van der Waals surface area (Å²) >= 11 is 0. The number of esters is 1. The first-order valence-corrected chi connectivity index (χ1v) is 8.88. The number of rotatable bonds is 1. The van der Waals surface area contributed by atoms with Crippen LogP contribution in [-0.2, 0) is 19.1 Å². The third-order valence-electron chi connectivity index (χ3n) is 7.28. The molecule has 3 fully saturated rings. The molecule has 2 bridgehead atoms. The number of aliphatic hydroxyl groups excluding tert-OH is 1. The average molecular weight is 332 g/mol. The molecule has 4 aliphatic carbocycles. The van der Waals surface area contributed by atoms with Crippen LogP contribution in [0.5, 0.6) is 0 Å². The molecule has 0 saturated heterocycles. The zero-order chi connectivity index (χ0) is 17.4. The highest BCUT2D eigenvalue weighted by molar-refractivity contribution is 6.14. The van der Waals surface area contributed by atoms with Crippen LogP contribution in [0, 0.1) is 46.8 Å². The van der Waals surface area contributed by atoms with Gasteiger partial charge in [0.1, 0.15) is 11.2 Å². The van der Waals surface area contributed by atoms with E-state index < -0.39 is 35.2 Å². The highest BCUT2D eigenvalue weighted by Crippen LogP contribution is 2.63. The summed E-state index contributed by atoms with van der Waals surface area (Å²) in [6, 6.07) is 0. The number of Topliss-reactive ketones (excluding diaryl/α,β-unsaturated/α-hetero) is 2. The number of aliphatic hydroxyl groups is 1. The molecule has 130 valence electrons. The van der Waals surface area contributed by atoms with E-state index >= 15 is 0 Å². The van der Waals surface area contributed by atoms with E-state index in [4.69, 9.17) is 4.74 Å². The summed E-state index contributed by atoms with van der Waals surface area (Å²) in [6.07, 6.45) is 4.60. The lowest BCUT2D eigenvalue weighted by atomic mass is 9.47. The quantitative estimate of drug-likeness (QED) is 0.446. The van der Waals surface area contributed by atoms with Crippen molar-refractivity contribution in [3.63, 3.8) is 0 Å². The van der Waals surface area contributed by atoms with Gasteiger partial charge in [-0.25, -0.2) is 0 Å². The minimum absolute atomic E-state index is 0.0139. The Labute approximate surface area is 141 Å². The van der Waals surface area contributed by atoms with E-state index in [0.29, 0.717) is 12.8 Å². The monoisotopic (exact) mass is 332 g/mol. The maximum atomic E-state index is 13.6. The van der Waals surface area contributed by atoms with Crippen molar-refractivity contribution in [2.75, 3.05) is 7.11 Å². The maximum absolute atomic E-state index is 13.6. The molecule has 0 amide bonds. The van der Waals surface area contributed by atoms with E-state index in [1.807, 2.05) is 26.0 Å². The molecule has 0 spiro atoms. The molecule has 4 aliphatic rings. The number of hydrogen-bond acceptors (Lipinski definition) is 5. The van der Waals surface area contributed by atoms with E-state index in [-0.39, 0.29) is 35.2 Å². The first-order valence-electron chi connectivity index (χ1n) is 8.88. The first-order chi connectivity index (χ1) is 11.4. The van der Waals surface area contributed by atoms with Crippen LogP contribution < -0.4 is 0 Å². The van der Waals surface area contributed by atoms with Crippen molar-refractivity contribution in [2.45, 2.75) is 32.8 Å². The Morgan fingerprint density at radius 1 is 1.21 bits per heavy atom. The summed E-state index contributed by atoms with van der Waals surface area (Å²) in [5.41, 5.74) is -1.39. The number of carbonyl (C=O) groups is 3. The molecule has 0 aromatic carbocycles. The second-order valence-corrected chi connectivity index (χ2v) is 8.15. The van der Waals surface area contributed by atoms with Crippen LogP contribution in [0.4, 0.5) is 0 Å². The Kier molecular flexibility index (Phi) is 3.34. The average Bonchev–Trinajstić information content (AvgIpc) is 3.11. The van der Waals surface area contributed by atoms with Crippen LogP contribution in [0.2, 0.25) is 0 Å². The smallest absolute Gasteiger partial charge is 0.320 e. The fourth-order valence-electron chi connectivity index (χ4n) is 6.32. The van der Waals surface area contributed by atoms with Crippen LogP contribution in [0.25, 0.3) is 0 Å². The molecule has 5 unspecified atom stereocenters. The second-order valence-electron chi connectivity index (χ2n) is 8.15. The van der Waals surface area contributed by atoms with Crippen LogP contribution in [0.3, 0.4) is 0 Å². The summed E-state index contributed by atoms with van der Waals surface area (Å²) in [5, 5.41) is 10.2. The predicted octanol–water partition coefficient (Wildman–Crippen LogP) is 1.39. The minimum Gasteiger partial charge on any atom is -0.468 e. The molecule has 0 radical (unpaired) electrons. The molecule has 9 atom stereocenters. The third kappa shape index (κ3) is 1.62. The number of fused-ring (bicyclic) bond motifs is 6. The lowest BCUT2D eigenvalue weighted by Crippen LogP contribution is -2.65. The van der Waals surface area contributed by atoms with Crippen molar-refractivity contribution in [1.82, 2.24) is 0 Å². The van der Waals surface area contributed by atoms with Gasteiger partial charge < -0.3 is 9.84 Å². The van der Waals surface area contributed by atoms with Gasteiger partial charge in [-0.1, -0.05) is 26.0 Å². The van der Waals surface area contributed by atoms with Crippen molar-refractivity contribution in [3.05, 3.63) is 12.2 Å². The van der Waals surface area contributed by atoms with Crippen molar-refractivity contribution in [1.29, 1.82) is 0 Å². The molecule has 0 aromatic heterocycles. The number of ketones is 2. The molecule has 0 heterocycles. The van der Waals surface area contributed by atoms with E-state index in [1.165, 1.54) is 7.11 Å². The molecule has 5 heteroatoms. The minimum atomic E-state index is -1.39. The van der Waals surface area contributed by atoms with Crippen molar-refractivity contribution >= 4 is 17.5 Å². The predicted molar refractivity (Wildman–Crippen MR) is 84.6 cm³/mol. The fraction of sp³-hybridized carbons (Fsp3) is 0.737. The fourth-order valence-corrected chi connectivity index (χ4v) is 6.32. The van der Waals surface area contributed by atoms with Gasteiger partial charge >= 0.3 is 5.97 Å². The second kappa shape index (κ2) is 5.01. The molecule has 0 aromatic rings. The van der Waals surface area contributed by atoms with Crippen LogP contribution >= 0.6 is 0 Å². The molecule has 24 heavy (non-hydrogen) atoms. The van der Waals surface area contributed by atoms with E-state index in [9.17, 15) is 19.5 Å². The molecule has 5 nitrogen and oxygen atoms in total. The Morgan fingerprint density at radius 2 is 1.92 bits per heavy atom. The Bertz CT molecular complexity index is 652. The largest absolute Gasteiger partial charge is 0.468 e. The molecule has 4 rings (SSSR count). The normalized spacial score (nSPS) is 52.2. The molecular formula is C19H24O5. The van der Waals surface area contributed by atoms with Gasteiger partial charge in [-0.15, -0.1) is 0 Å². The maximum Gasteiger partial charge on any atom is 0.320 e. The zero-order valence-electron chi connectivity index (χ0n) is 14.3. The lowest BCUT2D eigenvalue weighted by Gasteiger charge is -2.52. The third-order valence-corrected chi connectivity index (χ3v) is 7.28. The highest BCUT2D eigenvalue weighted by Gasteiger charge is 2.72. The summed E-state index contributed by atoms with van der Waals surface area (Å²) in [5.74, 6) is -2.88. The van der Waals surface area contributed by atoms with Gasteiger partial charge in [0.15, 0.2) is 5.78 Å². The van der Waals surface area contributed by atoms with E-state index in [2.05, 4.69) is 0 Å². The topological polar surface area (TPSA) is 80.7 Å². The lowest BCUT2D eigenvalue weighted by molar-refractivity contribution is -0.182. The number of methoxy groups -OCH3 is 1. The van der Waals surface area contributed by atoms with Crippen molar-refractivity contribution in [3.8, 4) is 0 Å². The van der Waals surface area contributed by atoms with Crippen LogP contribution in [-0.4, -0.2) is 35.9 Å². The van der Waals surface area contributed by atoms with Gasteiger partial charge in [0.25, 0.3) is 0 Å². The molecule has 1 N–H and O–H groups in total. The van der Waals surface area contributed by atoms with Crippen molar-refractivity contribution in [2.24, 2.45) is 46.8 Å². The highest BCUT2D eigenvalue weighted by atomic mass is 16.5.